The number of likely N-dealkylation sites (tertiary alicyclic amines) is 2. The van der Waals surface area contributed by atoms with Crippen LogP contribution in [0.15, 0.2) is 61.7 Å². The van der Waals surface area contributed by atoms with Crippen molar-refractivity contribution in [1.29, 1.82) is 0 Å². The molecule has 2 atom stereocenters. The van der Waals surface area contributed by atoms with E-state index in [1.807, 2.05) is 24.3 Å². The van der Waals surface area contributed by atoms with E-state index in [0.29, 0.717) is 32.0 Å². The summed E-state index contributed by atoms with van der Waals surface area (Å²) in [5, 5.41) is 15.2. The minimum Gasteiger partial charge on any atom is -0.487 e. The lowest BCUT2D eigenvalue weighted by molar-refractivity contribution is 0.120. The normalized spacial score (nSPS) is 16.6. The highest BCUT2D eigenvalue weighted by molar-refractivity contribution is 7.17. The molecule has 0 spiro atoms. The molecule has 0 aliphatic carbocycles. The summed E-state index contributed by atoms with van der Waals surface area (Å²) in [6.07, 6.45) is 6.22. The highest BCUT2D eigenvalue weighted by Crippen LogP contribution is 2.29. The average molecular weight is 751 g/mol. The SMILES string of the molecule is C=CCOC(=O)N1CCC(c2cc(CCc3ccc(Cl)s3)[nH]n2)C1.C=CCOC(=O)N1CCC(c2cc(N)n[nH]2)C1.COc1ccc(Cl)s1. The lowest BCUT2D eigenvalue weighted by atomic mass is 10.0. The first-order valence-corrected chi connectivity index (χ1v) is 18.0. The Balaban J connectivity index is 0.000000187. The fourth-order valence-corrected chi connectivity index (χ4v) is 7.15. The molecule has 2 fully saturated rings. The lowest BCUT2D eigenvalue weighted by Gasteiger charge is -2.15. The van der Waals surface area contributed by atoms with Crippen molar-refractivity contribution in [3.63, 3.8) is 0 Å². The second-order valence-corrected chi connectivity index (χ2v) is 14.6. The van der Waals surface area contributed by atoms with Gasteiger partial charge in [0.25, 0.3) is 0 Å². The number of hydrogen-bond acceptors (Lipinski definition) is 10. The Kier molecular flexibility index (Phi) is 14.9. The number of carbonyl (C=O) groups is 2. The molecule has 4 aromatic heterocycles. The molecular formula is C33H41Cl2N7O5S2. The van der Waals surface area contributed by atoms with E-state index in [2.05, 4.69) is 45.7 Å². The van der Waals surface area contributed by atoms with Gasteiger partial charge in [-0.1, -0.05) is 59.8 Å². The third-order valence-electron chi connectivity index (χ3n) is 7.69. The average Bonchev–Trinajstić information content (AvgIpc) is 3.94. The smallest absolute Gasteiger partial charge is 0.410 e. The van der Waals surface area contributed by atoms with Gasteiger partial charge in [0.2, 0.25) is 0 Å². The Hall–Kier alpha value is -3.98. The van der Waals surface area contributed by atoms with E-state index < -0.39 is 0 Å². The third kappa shape index (κ3) is 11.8. The molecule has 2 amide bonds. The molecule has 6 heterocycles. The van der Waals surface area contributed by atoms with Crippen molar-refractivity contribution in [3.05, 3.63) is 92.3 Å². The summed E-state index contributed by atoms with van der Waals surface area (Å²) < 4.78 is 16.5. The summed E-state index contributed by atoms with van der Waals surface area (Å²) >= 11 is 14.6. The Morgan fingerprint density at radius 2 is 1.55 bits per heavy atom. The largest absolute Gasteiger partial charge is 0.487 e. The van der Waals surface area contributed by atoms with Crippen molar-refractivity contribution in [2.45, 2.75) is 37.5 Å². The molecule has 2 saturated heterocycles. The van der Waals surface area contributed by atoms with E-state index in [1.165, 1.54) is 16.2 Å². The number of nitrogens with two attached hydrogens (primary N) is 1. The van der Waals surface area contributed by atoms with E-state index in [4.69, 9.17) is 43.1 Å². The molecule has 4 N–H and O–H groups in total. The monoisotopic (exact) mass is 749 g/mol. The van der Waals surface area contributed by atoms with Gasteiger partial charge in [-0.15, -0.1) is 11.3 Å². The van der Waals surface area contributed by atoms with Crippen LogP contribution in [0.5, 0.6) is 5.06 Å². The number of amides is 2. The molecule has 4 aromatic rings. The van der Waals surface area contributed by atoms with E-state index in [0.717, 1.165) is 56.5 Å². The van der Waals surface area contributed by atoms with E-state index >= 15 is 0 Å². The maximum absolute atomic E-state index is 11.9. The Morgan fingerprint density at radius 1 is 0.918 bits per heavy atom. The molecule has 0 aromatic carbocycles. The summed E-state index contributed by atoms with van der Waals surface area (Å²) in [4.78, 5) is 28.1. The van der Waals surface area contributed by atoms with Crippen LogP contribution in [-0.2, 0) is 22.3 Å². The molecule has 12 nitrogen and oxygen atoms in total. The number of ether oxygens (including phenoxy) is 3. The van der Waals surface area contributed by atoms with Crippen LogP contribution in [0.3, 0.4) is 0 Å². The quantitative estimate of drug-likeness (QED) is 0.141. The first kappa shape index (κ1) is 37.8. The van der Waals surface area contributed by atoms with Crippen LogP contribution >= 0.6 is 45.9 Å². The van der Waals surface area contributed by atoms with Crippen molar-refractivity contribution in [2.75, 3.05) is 52.2 Å². The summed E-state index contributed by atoms with van der Waals surface area (Å²) in [5.41, 5.74) is 8.66. The topological polar surface area (TPSA) is 152 Å². The number of nitrogen functional groups attached to an aromatic ring is 1. The Morgan fingerprint density at radius 3 is 2.08 bits per heavy atom. The van der Waals surface area contributed by atoms with Gasteiger partial charge in [-0.2, -0.15) is 10.2 Å². The van der Waals surface area contributed by atoms with Crippen LogP contribution in [0.2, 0.25) is 8.67 Å². The fraction of sp³-hybridized carbons (Fsp3) is 0.394. The first-order chi connectivity index (χ1) is 23.7. The minimum absolute atomic E-state index is 0.247. The van der Waals surface area contributed by atoms with Gasteiger partial charge in [0.15, 0.2) is 5.06 Å². The molecule has 0 saturated carbocycles. The van der Waals surface area contributed by atoms with Crippen molar-refractivity contribution in [2.24, 2.45) is 0 Å². The van der Waals surface area contributed by atoms with Crippen LogP contribution < -0.4 is 10.5 Å². The van der Waals surface area contributed by atoms with Gasteiger partial charge in [-0.3, -0.25) is 10.2 Å². The zero-order valence-electron chi connectivity index (χ0n) is 27.2. The molecule has 264 valence electrons. The molecule has 49 heavy (non-hydrogen) atoms. The van der Waals surface area contributed by atoms with Crippen molar-refractivity contribution in [3.8, 4) is 5.06 Å². The summed E-state index contributed by atoms with van der Waals surface area (Å²) in [5.74, 6) is 1.01. The van der Waals surface area contributed by atoms with Gasteiger partial charge in [-0.05, 0) is 56.0 Å². The van der Waals surface area contributed by atoms with Crippen molar-refractivity contribution < 1.29 is 23.8 Å². The first-order valence-electron chi connectivity index (χ1n) is 15.6. The number of rotatable bonds is 10. The number of anilines is 1. The maximum atomic E-state index is 11.9. The van der Waals surface area contributed by atoms with Gasteiger partial charge in [-0.25, -0.2) is 9.59 Å². The molecule has 2 aliphatic heterocycles. The second-order valence-electron chi connectivity index (χ2n) is 11.1. The van der Waals surface area contributed by atoms with Crippen LogP contribution in [0.25, 0.3) is 0 Å². The second kappa shape index (κ2) is 19.3. The molecule has 0 radical (unpaired) electrons. The lowest BCUT2D eigenvalue weighted by Crippen LogP contribution is -2.29. The summed E-state index contributed by atoms with van der Waals surface area (Å²) in [6.45, 7) is 10.2. The summed E-state index contributed by atoms with van der Waals surface area (Å²) in [7, 11) is 1.63. The standard InChI is InChI=1S/C17H20ClN3O2S.C11H16N4O2.C5H5ClOS/c1-2-9-23-17(22)21-8-7-12(11-21)15-10-13(19-20-15)3-4-14-5-6-16(18)24-14;1-2-5-17-11(16)15-4-3-8(7-15)9-6-10(12)14-13-9;1-7-5-3-2-4(6)8-5/h2,5-6,10,12H,1,3-4,7-9,11H2,(H,19,20);2,6,8H,1,3-5,7H2,(H3,12,13,14);2-3H,1H3. The fourth-order valence-electron chi connectivity index (χ4n) is 5.22. The predicted molar refractivity (Wildman–Crippen MR) is 195 cm³/mol. The van der Waals surface area contributed by atoms with E-state index in [1.54, 1.807) is 40.4 Å². The van der Waals surface area contributed by atoms with Gasteiger partial charge >= 0.3 is 12.2 Å². The number of nitrogens with one attached hydrogen (secondary N) is 2. The highest BCUT2D eigenvalue weighted by atomic mass is 35.5. The van der Waals surface area contributed by atoms with E-state index in [-0.39, 0.29) is 37.2 Å². The zero-order chi connectivity index (χ0) is 35.2. The van der Waals surface area contributed by atoms with Gasteiger partial charge < -0.3 is 29.7 Å². The number of methoxy groups -OCH3 is 1. The van der Waals surface area contributed by atoms with Crippen LogP contribution in [0, 0.1) is 0 Å². The molecular weight excluding hydrogens is 709 g/mol. The Labute approximate surface area is 303 Å². The summed E-state index contributed by atoms with van der Waals surface area (Å²) in [6, 6.07) is 11.6. The number of H-pyrrole nitrogens is 2. The van der Waals surface area contributed by atoms with E-state index in [9.17, 15) is 9.59 Å². The van der Waals surface area contributed by atoms with Crippen LogP contribution in [-0.4, -0.2) is 88.9 Å². The number of aromatic nitrogens is 4. The molecule has 6 rings (SSSR count). The molecule has 0 bridgehead atoms. The Bertz CT molecular complexity index is 1650. The van der Waals surface area contributed by atoms with Crippen molar-refractivity contribution >= 4 is 63.9 Å². The number of aryl methyl sites for hydroxylation is 2. The minimum atomic E-state index is -0.292. The van der Waals surface area contributed by atoms with Crippen molar-refractivity contribution in [1.82, 2.24) is 30.2 Å². The number of nitrogens with zero attached hydrogens (tertiary/aromatic N) is 4. The number of carbonyl (C=O) groups excluding carboxylic acids is 2. The predicted octanol–water partition coefficient (Wildman–Crippen LogP) is 7.54. The molecule has 2 unspecified atom stereocenters. The van der Waals surface area contributed by atoms with Crippen LogP contribution in [0.4, 0.5) is 15.4 Å². The third-order valence-corrected chi connectivity index (χ3v) is 10.2. The number of thiophene rings is 2. The van der Waals surface area contributed by atoms with Gasteiger partial charge in [0, 0.05) is 60.3 Å². The maximum Gasteiger partial charge on any atom is 0.410 e. The van der Waals surface area contributed by atoms with Gasteiger partial charge in [0.05, 0.1) is 21.5 Å². The van der Waals surface area contributed by atoms with Crippen LogP contribution in [0.1, 0.15) is 46.6 Å². The number of aromatic amines is 2. The zero-order valence-corrected chi connectivity index (χ0v) is 30.4. The highest BCUT2D eigenvalue weighted by Gasteiger charge is 2.30. The van der Waals surface area contributed by atoms with Gasteiger partial charge in [0.1, 0.15) is 19.0 Å². The molecule has 16 heteroatoms. The molecule has 2 aliphatic rings. The number of halogens is 2. The number of hydrogen-bond donors (Lipinski definition) is 3.